The van der Waals surface area contributed by atoms with Crippen LogP contribution in [0.2, 0.25) is 0 Å². The second kappa shape index (κ2) is 9.03. The van der Waals surface area contributed by atoms with Crippen molar-refractivity contribution in [1.82, 2.24) is 9.62 Å². The number of hydrogen-bond acceptors (Lipinski definition) is 5. The van der Waals surface area contributed by atoms with E-state index in [9.17, 15) is 13.2 Å². The number of carbonyl (C=O) groups is 1. The van der Waals surface area contributed by atoms with Crippen LogP contribution in [-0.4, -0.2) is 51.4 Å². The second-order valence-corrected chi connectivity index (χ2v) is 8.98. The molecule has 150 valence electrons. The molecule has 8 heteroatoms. The quantitative estimate of drug-likeness (QED) is 0.771. The summed E-state index contributed by atoms with van der Waals surface area (Å²) in [6.07, 6.45) is 4.38. The van der Waals surface area contributed by atoms with Crippen LogP contribution in [-0.2, 0) is 14.8 Å². The fourth-order valence-corrected chi connectivity index (χ4v) is 5.31. The number of carbonyl (C=O) groups excluding carboxylic acids is 1. The minimum atomic E-state index is -3.65. The van der Waals surface area contributed by atoms with E-state index >= 15 is 0 Å². The molecule has 2 saturated heterocycles. The predicted octanol–water partition coefficient (Wildman–Crippen LogP) is 2.20. The topological polar surface area (TPSA) is 87.7 Å². The number of nitrogens with zero attached hydrogens (tertiary/aromatic N) is 1. The van der Waals surface area contributed by atoms with Crippen molar-refractivity contribution in [2.24, 2.45) is 5.92 Å². The molecule has 27 heavy (non-hydrogen) atoms. The predicted molar refractivity (Wildman–Crippen MR) is 104 cm³/mol. The summed E-state index contributed by atoms with van der Waals surface area (Å²) in [5.41, 5.74) is 0.498. The highest BCUT2D eigenvalue weighted by molar-refractivity contribution is 7.89. The summed E-state index contributed by atoms with van der Waals surface area (Å²) in [6, 6.07) is 4.88. The van der Waals surface area contributed by atoms with Crippen LogP contribution in [0.5, 0.6) is 5.75 Å². The molecule has 0 aromatic heterocycles. The van der Waals surface area contributed by atoms with Crippen molar-refractivity contribution in [2.45, 2.75) is 43.9 Å². The molecule has 0 unspecified atom stereocenters. The van der Waals surface area contributed by atoms with Crippen LogP contribution in [0.1, 0.15) is 39.0 Å². The maximum atomic E-state index is 13.1. The van der Waals surface area contributed by atoms with Crippen LogP contribution in [0.15, 0.2) is 23.1 Å². The summed E-state index contributed by atoms with van der Waals surface area (Å²) >= 11 is 0. The molecule has 0 atom stereocenters. The van der Waals surface area contributed by atoms with Gasteiger partial charge in [-0.05, 0) is 63.9 Å². The molecule has 2 aliphatic heterocycles. The number of anilines is 1. The Morgan fingerprint density at radius 1 is 1.22 bits per heavy atom. The maximum absolute atomic E-state index is 13.1. The van der Waals surface area contributed by atoms with Crippen molar-refractivity contribution >= 4 is 21.6 Å². The zero-order valence-electron chi connectivity index (χ0n) is 15.9. The Labute approximate surface area is 161 Å². The largest absolute Gasteiger partial charge is 0.492 e. The molecular formula is C19H29N3O4S. The van der Waals surface area contributed by atoms with Crippen molar-refractivity contribution in [2.75, 3.05) is 38.1 Å². The number of benzene rings is 1. The van der Waals surface area contributed by atoms with Crippen LogP contribution in [0, 0.1) is 5.92 Å². The Morgan fingerprint density at radius 3 is 2.59 bits per heavy atom. The number of rotatable bonds is 6. The number of sulfonamides is 1. The Bertz CT molecular complexity index is 754. The molecule has 2 heterocycles. The molecule has 1 aromatic rings. The minimum absolute atomic E-state index is 0.0417. The third-order valence-corrected chi connectivity index (χ3v) is 7.07. The first kappa shape index (κ1) is 20.1. The normalized spacial score (nSPS) is 19.6. The van der Waals surface area contributed by atoms with Crippen LogP contribution in [0.25, 0.3) is 0 Å². The molecule has 0 saturated carbocycles. The number of piperidine rings is 2. The van der Waals surface area contributed by atoms with Gasteiger partial charge in [0.05, 0.1) is 6.61 Å². The summed E-state index contributed by atoms with van der Waals surface area (Å²) in [5, 5.41) is 6.13. The maximum Gasteiger partial charge on any atom is 0.246 e. The van der Waals surface area contributed by atoms with Gasteiger partial charge in [0.15, 0.2) is 0 Å². The molecule has 0 bridgehead atoms. The van der Waals surface area contributed by atoms with Crippen LogP contribution < -0.4 is 15.4 Å². The molecule has 0 radical (unpaired) electrons. The van der Waals surface area contributed by atoms with E-state index < -0.39 is 10.0 Å². The van der Waals surface area contributed by atoms with Gasteiger partial charge in [-0.2, -0.15) is 4.31 Å². The fourth-order valence-electron chi connectivity index (χ4n) is 3.63. The summed E-state index contributed by atoms with van der Waals surface area (Å²) < 4.78 is 33.4. The molecule has 0 aliphatic carbocycles. The van der Waals surface area contributed by atoms with E-state index in [1.54, 1.807) is 12.1 Å². The van der Waals surface area contributed by atoms with Gasteiger partial charge in [-0.15, -0.1) is 0 Å². The van der Waals surface area contributed by atoms with Gasteiger partial charge in [-0.1, -0.05) is 6.42 Å². The van der Waals surface area contributed by atoms with E-state index in [-0.39, 0.29) is 16.7 Å². The zero-order valence-corrected chi connectivity index (χ0v) is 16.7. The molecule has 1 amide bonds. The molecule has 2 N–H and O–H groups in total. The van der Waals surface area contributed by atoms with Crippen LogP contribution >= 0.6 is 0 Å². The highest BCUT2D eigenvalue weighted by atomic mass is 32.2. The highest BCUT2D eigenvalue weighted by Gasteiger charge is 2.30. The molecule has 1 aromatic carbocycles. The lowest BCUT2D eigenvalue weighted by Crippen LogP contribution is -2.36. The number of hydrogen-bond donors (Lipinski definition) is 2. The van der Waals surface area contributed by atoms with E-state index in [4.69, 9.17) is 4.74 Å². The van der Waals surface area contributed by atoms with Crippen molar-refractivity contribution in [3.05, 3.63) is 18.2 Å². The average molecular weight is 396 g/mol. The van der Waals surface area contributed by atoms with Crippen molar-refractivity contribution in [3.8, 4) is 5.75 Å². The van der Waals surface area contributed by atoms with Crippen molar-refractivity contribution in [3.63, 3.8) is 0 Å². The molecular weight excluding hydrogens is 366 g/mol. The minimum Gasteiger partial charge on any atom is -0.492 e. The molecule has 7 nitrogen and oxygen atoms in total. The van der Waals surface area contributed by atoms with Gasteiger partial charge >= 0.3 is 0 Å². The lowest BCUT2D eigenvalue weighted by atomic mass is 9.97. The molecule has 0 spiro atoms. The smallest absolute Gasteiger partial charge is 0.246 e. The SMILES string of the molecule is CCOc1ccc(NC(=O)C2CCNCC2)cc1S(=O)(=O)N1CCCCC1. The van der Waals surface area contributed by atoms with Gasteiger partial charge in [0.25, 0.3) is 0 Å². The first-order valence-electron chi connectivity index (χ1n) is 9.81. The number of nitrogens with one attached hydrogen (secondary N) is 2. The number of ether oxygens (including phenoxy) is 1. The van der Waals surface area contributed by atoms with E-state index in [0.29, 0.717) is 31.1 Å². The second-order valence-electron chi connectivity index (χ2n) is 7.07. The Hall–Kier alpha value is -1.64. The fraction of sp³-hybridized carbons (Fsp3) is 0.632. The standard InChI is InChI=1S/C19H29N3O4S/c1-2-26-17-7-6-16(21-19(23)15-8-10-20-11-9-15)14-18(17)27(24,25)22-12-4-3-5-13-22/h6-7,14-15,20H,2-5,8-13H2,1H3,(H,21,23). The van der Waals surface area contributed by atoms with Gasteiger partial charge in [0, 0.05) is 24.7 Å². The van der Waals surface area contributed by atoms with Gasteiger partial charge in [0.2, 0.25) is 15.9 Å². The van der Waals surface area contributed by atoms with Crippen molar-refractivity contribution in [1.29, 1.82) is 0 Å². The summed E-state index contributed by atoms with van der Waals surface area (Å²) in [4.78, 5) is 12.6. The molecule has 2 fully saturated rings. The average Bonchev–Trinajstić information content (AvgIpc) is 2.70. The zero-order chi connectivity index (χ0) is 19.3. The Morgan fingerprint density at radius 2 is 1.93 bits per heavy atom. The Balaban J connectivity index is 1.84. The van der Waals surface area contributed by atoms with E-state index in [1.807, 2.05) is 6.92 Å². The summed E-state index contributed by atoms with van der Waals surface area (Å²) in [5.74, 6) is 0.241. The van der Waals surface area contributed by atoms with Crippen molar-refractivity contribution < 1.29 is 17.9 Å². The summed E-state index contributed by atoms with van der Waals surface area (Å²) in [7, 11) is -3.65. The third-order valence-electron chi connectivity index (χ3n) is 5.15. The highest BCUT2D eigenvalue weighted by Crippen LogP contribution is 2.31. The first-order valence-corrected chi connectivity index (χ1v) is 11.2. The van der Waals surface area contributed by atoms with E-state index in [0.717, 1.165) is 45.2 Å². The lowest BCUT2D eigenvalue weighted by Gasteiger charge is -2.27. The van der Waals surface area contributed by atoms with Gasteiger partial charge in [0.1, 0.15) is 10.6 Å². The summed E-state index contributed by atoms with van der Waals surface area (Å²) in [6.45, 7) is 4.92. The van der Waals surface area contributed by atoms with Gasteiger partial charge in [-0.3, -0.25) is 4.79 Å². The van der Waals surface area contributed by atoms with E-state index in [2.05, 4.69) is 10.6 Å². The lowest BCUT2D eigenvalue weighted by molar-refractivity contribution is -0.120. The monoisotopic (exact) mass is 395 g/mol. The number of amides is 1. The third kappa shape index (κ3) is 4.80. The molecule has 3 rings (SSSR count). The first-order chi connectivity index (χ1) is 13.0. The molecule has 2 aliphatic rings. The van der Waals surface area contributed by atoms with Crippen LogP contribution in [0.3, 0.4) is 0 Å². The van der Waals surface area contributed by atoms with Gasteiger partial charge in [-0.25, -0.2) is 8.42 Å². The Kier molecular flexibility index (Phi) is 6.73. The van der Waals surface area contributed by atoms with Gasteiger partial charge < -0.3 is 15.4 Å². The van der Waals surface area contributed by atoms with Crippen LogP contribution in [0.4, 0.5) is 5.69 Å². The van der Waals surface area contributed by atoms with E-state index in [1.165, 1.54) is 10.4 Å².